The van der Waals surface area contributed by atoms with Crippen LogP contribution in [-0.2, 0) is 23.1 Å². The van der Waals surface area contributed by atoms with Gasteiger partial charge in [0.1, 0.15) is 4.90 Å². The molecule has 0 saturated carbocycles. The van der Waals surface area contributed by atoms with Crippen LogP contribution >= 0.6 is 27.3 Å². The Hall–Kier alpha value is -0.740. The Morgan fingerprint density at radius 1 is 1.47 bits per heavy atom. The van der Waals surface area contributed by atoms with Crippen LogP contribution in [0.1, 0.15) is 4.88 Å². The van der Waals surface area contributed by atoms with Crippen molar-refractivity contribution >= 4 is 37.3 Å². The van der Waals surface area contributed by atoms with Gasteiger partial charge in [0.15, 0.2) is 0 Å². The van der Waals surface area contributed by atoms with Crippen molar-refractivity contribution in [3.8, 4) is 0 Å². The second kappa shape index (κ2) is 6.14. The Kier molecular flexibility index (Phi) is 4.74. The molecule has 0 saturated heterocycles. The summed E-state index contributed by atoms with van der Waals surface area (Å²) in [5.74, 6) is 0. The molecule has 0 aliphatic rings. The fourth-order valence-electron chi connectivity index (χ4n) is 1.40. The van der Waals surface area contributed by atoms with E-state index in [0.717, 1.165) is 8.66 Å². The first-order valence-electron chi connectivity index (χ1n) is 5.38. The number of thiophene rings is 1. The Balaban J connectivity index is 2.04. The summed E-state index contributed by atoms with van der Waals surface area (Å²) in [5.41, 5.74) is 0. The van der Waals surface area contributed by atoms with Crippen LogP contribution in [0.25, 0.3) is 0 Å². The fourth-order valence-corrected chi connectivity index (χ4v) is 3.88. The first kappa shape index (κ1) is 14.7. The molecule has 2 rings (SSSR count). The number of aliphatic hydroxyl groups excluding tert-OH is 1. The molecule has 2 aromatic heterocycles. The number of aliphatic hydroxyl groups is 1. The molecule has 0 radical (unpaired) electrons. The zero-order chi connectivity index (χ0) is 13.9. The number of nitrogens with zero attached hydrogens (tertiary/aromatic N) is 2. The summed E-state index contributed by atoms with van der Waals surface area (Å²) in [6.07, 6.45) is 2.66. The summed E-state index contributed by atoms with van der Waals surface area (Å²) in [6, 6.07) is 3.72. The molecule has 2 heterocycles. The molecule has 104 valence electrons. The summed E-state index contributed by atoms with van der Waals surface area (Å²) in [6.45, 7) is 0.426. The minimum absolute atomic E-state index is 0.0855. The molecule has 2 aromatic rings. The summed E-state index contributed by atoms with van der Waals surface area (Å²) in [7, 11) is -3.57. The average molecular weight is 366 g/mol. The number of sulfonamides is 1. The van der Waals surface area contributed by atoms with Gasteiger partial charge in [-0.2, -0.15) is 5.10 Å². The molecule has 0 amide bonds. The zero-order valence-electron chi connectivity index (χ0n) is 9.78. The van der Waals surface area contributed by atoms with E-state index < -0.39 is 10.0 Å². The second-order valence-electron chi connectivity index (χ2n) is 3.69. The van der Waals surface area contributed by atoms with E-state index in [2.05, 4.69) is 25.8 Å². The van der Waals surface area contributed by atoms with Crippen LogP contribution < -0.4 is 4.72 Å². The third-order valence-corrected chi connectivity index (χ3v) is 5.29. The highest BCUT2D eigenvalue weighted by Crippen LogP contribution is 2.22. The van der Waals surface area contributed by atoms with E-state index in [1.54, 1.807) is 0 Å². The van der Waals surface area contributed by atoms with Crippen LogP contribution in [0, 0.1) is 0 Å². The third-order valence-electron chi connectivity index (χ3n) is 2.31. The molecule has 9 heteroatoms. The van der Waals surface area contributed by atoms with E-state index >= 15 is 0 Å². The van der Waals surface area contributed by atoms with Crippen LogP contribution in [0.3, 0.4) is 0 Å². The van der Waals surface area contributed by atoms with Crippen molar-refractivity contribution in [1.82, 2.24) is 14.5 Å². The van der Waals surface area contributed by atoms with E-state index in [1.807, 2.05) is 12.1 Å². The molecule has 19 heavy (non-hydrogen) atoms. The number of halogens is 1. The van der Waals surface area contributed by atoms with Crippen LogP contribution in [0.5, 0.6) is 0 Å². The van der Waals surface area contributed by atoms with Crippen molar-refractivity contribution in [2.45, 2.75) is 18.0 Å². The van der Waals surface area contributed by atoms with Gasteiger partial charge in [-0.05, 0) is 28.1 Å². The summed E-state index contributed by atoms with van der Waals surface area (Å²) in [5, 5.41) is 12.6. The van der Waals surface area contributed by atoms with Gasteiger partial charge in [0.05, 0.1) is 23.1 Å². The molecule has 6 nitrogen and oxygen atoms in total. The van der Waals surface area contributed by atoms with Gasteiger partial charge in [0.2, 0.25) is 10.0 Å². The van der Waals surface area contributed by atoms with Gasteiger partial charge in [0, 0.05) is 17.6 Å². The lowest BCUT2D eigenvalue weighted by Crippen LogP contribution is -2.22. The number of hydrogen-bond acceptors (Lipinski definition) is 5. The van der Waals surface area contributed by atoms with E-state index in [-0.39, 0.29) is 24.6 Å². The molecule has 0 aliphatic carbocycles. The number of rotatable bonds is 6. The van der Waals surface area contributed by atoms with E-state index in [9.17, 15) is 8.42 Å². The highest BCUT2D eigenvalue weighted by Gasteiger charge is 2.16. The molecule has 0 fully saturated rings. The second-order valence-corrected chi connectivity index (χ2v) is 8.01. The van der Waals surface area contributed by atoms with Crippen molar-refractivity contribution in [2.24, 2.45) is 0 Å². The Bertz CT molecular complexity index is 651. The lowest BCUT2D eigenvalue weighted by atomic mass is 10.5. The first-order valence-corrected chi connectivity index (χ1v) is 8.48. The predicted molar refractivity (Wildman–Crippen MR) is 75.4 cm³/mol. The monoisotopic (exact) mass is 365 g/mol. The summed E-state index contributed by atoms with van der Waals surface area (Å²) < 4.78 is 28.8. The molecule has 0 aromatic carbocycles. The van der Waals surface area contributed by atoms with Crippen molar-refractivity contribution in [2.75, 3.05) is 6.61 Å². The predicted octanol–water partition coefficient (Wildman–Crippen LogP) is 1.18. The molecular weight excluding hydrogens is 354 g/mol. The van der Waals surface area contributed by atoms with Crippen molar-refractivity contribution in [3.05, 3.63) is 33.2 Å². The van der Waals surface area contributed by atoms with Gasteiger partial charge in [-0.3, -0.25) is 4.68 Å². The number of aromatic nitrogens is 2. The fraction of sp³-hybridized carbons (Fsp3) is 0.300. The maximum atomic E-state index is 12.0. The maximum absolute atomic E-state index is 12.0. The van der Waals surface area contributed by atoms with Crippen LogP contribution in [-0.4, -0.2) is 29.9 Å². The van der Waals surface area contributed by atoms with Crippen molar-refractivity contribution < 1.29 is 13.5 Å². The summed E-state index contributed by atoms with van der Waals surface area (Å²) >= 11 is 4.80. The lowest BCUT2D eigenvalue weighted by Gasteiger charge is -2.02. The van der Waals surface area contributed by atoms with Gasteiger partial charge in [0.25, 0.3) is 0 Å². The number of nitrogens with one attached hydrogen (secondary N) is 1. The van der Waals surface area contributed by atoms with Crippen molar-refractivity contribution in [1.29, 1.82) is 0 Å². The maximum Gasteiger partial charge on any atom is 0.244 e. The van der Waals surface area contributed by atoms with Gasteiger partial charge in [-0.25, -0.2) is 13.1 Å². The first-order chi connectivity index (χ1) is 9.01. The Labute approximate surface area is 123 Å². The van der Waals surface area contributed by atoms with Crippen LogP contribution in [0.15, 0.2) is 33.2 Å². The molecule has 0 spiro atoms. The third kappa shape index (κ3) is 3.86. The number of hydrogen-bond donors (Lipinski definition) is 2. The quantitative estimate of drug-likeness (QED) is 0.804. The van der Waals surface area contributed by atoms with E-state index in [1.165, 1.54) is 28.4 Å². The zero-order valence-corrected chi connectivity index (χ0v) is 13.0. The standard InChI is InChI=1S/C10H12BrN3O3S2/c11-10-2-1-8(18-10)5-13-19(16,17)9-6-12-14(7-9)3-4-15/h1-2,6-7,13,15H,3-5H2. The van der Waals surface area contributed by atoms with Crippen LogP contribution in [0.4, 0.5) is 0 Å². The lowest BCUT2D eigenvalue weighted by molar-refractivity contribution is 0.269. The molecule has 0 bridgehead atoms. The van der Waals surface area contributed by atoms with Gasteiger partial charge < -0.3 is 5.11 Å². The van der Waals surface area contributed by atoms with Crippen molar-refractivity contribution in [3.63, 3.8) is 0 Å². The van der Waals surface area contributed by atoms with Crippen LogP contribution in [0.2, 0.25) is 0 Å². The molecular formula is C10H12BrN3O3S2. The largest absolute Gasteiger partial charge is 0.394 e. The van der Waals surface area contributed by atoms with Gasteiger partial charge >= 0.3 is 0 Å². The SMILES string of the molecule is O=S(=O)(NCc1ccc(Br)s1)c1cnn(CCO)c1. The topological polar surface area (TPSA) is 84.2 Å². The smallest absolute Gasteiger partial charge is 0.244 e. The Morgan fingerprint density at radius 2 is 2.26 bits per heavy atom. The van der Waals surface area contributed by atoms with Gasteiger partial charge in [-0.1, -0.05) is 0 Å². The highest BCUT2D eigenvalue weighted by molar-refractivity contribution is 9.11. The molecule has 2 N–H and O–H groups in total. The molecule has 0 atom stereocenters. The normalized spacial score (nSPS) is 11.9. The molecule has 0 unspecified atom stereocenters. The van der Waals surface area contributed by atoms with Gasteiger partial charge in [-0.15, -0.1) is 11.3 Å². The molecule has 0 aliphatic heterocycles. The average Bonchev–Trinajstić information content (AvgIpc) is 2.97. The Morgan fingerprint density at radius 3 is 2.89 bits per heavy atom. The minimum atomic E-state index is -3.57. The van der Waals surface area contributed by atoms with E-state index in [4.69, 9.17) is 5.11 Å². The van der Waals surface area contributed by atoms with E-state index in [0.29, 0.717) is 0 Å². The highest BCUT2D eigenvalue weighted by atomic mass is 79.9. The summed E-state index contributed by atoms with van der Waals surface area (Å²) in [4.78, 5) is 1.01. The minimum Gasteiger partial charge on any atom is -0.394 e.